The van der Waals surface area contributed by atoms with E-state index in [2.05, 4.69) is 0 Å². The quantitative estimate of drug-likeness (QED) is 0.755. The molecular weight excluding hydrogens is 192 g/mol. The standard InChI is InChI=1S/C12H16O3/c1-9(5-6-13)10-3-4-11(8-15-2)12(14)7-10/h3-4,6-7,9,14H,5,8H2,1-2H3. The van der Waals surface area contributed by atoms with Gasteiger partial charge in [-0.05, 0) is 17.5 Å². The van der Waals surface area contributed by atoms with Gasteiger partial charge in [-0.25, -0.2) is 0 Å². The van der Waals surface area contributed by atoms with Crippen molar-refractivity contribution in [1.82, 2.24) is 0 Å². The fraction of sp³-hybridized carbons (Fsp3) is 0.417. The van der Waals surface area contributed by atoms with E-state index in [1.807, 2.05) is 19.1 Å². The number of aromatic hydroxyl groups is 1. The Kier molecular flexibility index (Phi) is 4.31. The van der Waals surface area contributed by atoms with Crippen LogP contribution in [0.15, 0.2) is 18.2 Å². The number of carbonyl (C=O) groups is 1. The van der Waals surface area contributed by atoms with E-state index in [1.165, 1.54) is 0 Å². The highest BCUT2D eigenvalue weighted by molar-refractivity contribution is 5.52. The molecule has 0 aliphatic heterocycles. The van der Waals surface area contributed by atoms with Crippen molar-refractivity contribution in [2.24, 2.45) is 0 Å². The van der Waals surface area contributed by atoms with Gasteiger partial charge in [0.2, 0.25) is 0 Å². The number of hydrogen-bond donors (Lipinski definition) is 1. The molecule has 3 nitrogen and oxygen atoms in total. The molecule has 1 rings (SSSR count). The smallest absolute Gasteiger partial charge is 0.121 e. The molecular formula is C12H16O3. The summed E-state index contributed by atoms with van der Waals surface area (Å²) in [7, 11) is 1.59. The summed E-state index contributed by atoms with van der Waals surface area (Å²) >= 11 is 0. The molecule has 1 aromatic rings. The number of rotatable bonds is 5. The van der Waals surface area contributed by atoms with Crippen LogP contribution in [0.2, 0.25) is 0 Å². The fourth-order valence-corrected chi connectivity index (χ4v) is 1.45. The van der Waals surface area contributed by atoms with Gasteiger partial charge in [0.25, 0.3) is 0 Å². The predicted molar refractivity (Wildman–Crippen MR) is 57.9 cm³/mol. The van der Waals surface area contributed by atoms with Crippen molar-refractivity contribution in [3.63, 3.8) is 0 Å². The first-order valence-electron chi connectivity index (χ1n) is 4.93. The molecule has 15 heavy (non-hydrogen) atoms. The first-order valence-corrected chi connectivity index (χ1v) is 4.93. The van der Waals surface area contributed by atoms with Gasteiger partial charge in [0.05, 0.1) is 6.61 Å². The number of methoxy groups -OCH3 is 1. The molecule has 0 heterocycles. The molecule has 0 aliphatic carbocycles. The number of carbonyl (C=O) groups excluding carboxylic acids is 1. The Morgan fingerprint density at radius 2 is 2.27 bits per heavy atom. The Balaban J connectivity index is 2.85. The van der Waals surface area contributed by atoms with E-state index in [0.717, 1.165) is 17.4 Å². The molecule has 1 atom stereocenters. The summed E-state index contributed by atoms with van der Waals surface area (Å²) in [6, 6.07) is 5.44. The van der Waals surface area contributed by atoms with Crippen LogP contribution < -0.4 is 0 Å². The van der Waals surface area contributed by atoms with E-state index in [9.17, 15) is 9.90 Å². The lowest BCUT2D eigenvalue weighted by Gasteiger charge is -2.10. The Morgan fingerprint density at radius 1 is 1.53 bits per heavy atom. The summed E-state index contributed by atoms with van der Waals surface area (Å²) in [4.78, 5) is 10.4. The molecule has 0 saturated heterocycles. The lowest BCUT2D eigenvalue weighted by Crippen LogP contribution is -1.96. The maximum Gasteiger partial charge on any atom is 0.121 e. The SMILES string of the molecule is COCc1ccc(C(C)CC=O)cc1O. The zero-order chi connectivity index (χ0) is 11.3. The van der Waals surface area contributed by atoms with Gasteiger partial charge in [-0.2, -0.15) is 0 Å². The Morgan fingerprint density at radius 3 is 2.80 bits per heavy atom. The summed E-state index contributed by atoms with van der Waals surface area (Å²) in [6.45, 7) is 2.35. The highest BCUT2D eigenvalue weighted by Gasteiger charge is 2.08. The van der Waals surface area contributed by atoms with E-state index in [0.29, 0.717) is 13.0 Å². The molecule has 1 N–H and O–H groups in total. The summed E-state index contributed by atoms with van der Waals surface area (Å²) in [5, 5.41) is 9.67. The van der Waals surface area contributed by atoms with Crippen LogP contribution in [0.4, 0.5) is 0 Å². The minimum atomic E-state index is 0.144. The van der Waals surface area contributed by atoms with E-state index in [4.69, 9.17) is 4.74 Å². The summed E-state index contributed by atoms with van der Waals surface area (Å²) in [5.41, 5.74) is 1.74. The molecule has 0 aromatic heterocycles. The number of ether oxygens (including phenoxy) is 1. The van der Waals surface area contributed by atoms with Crippen LogP contribution in [0.5, 0.6) is 5.75 Å². The molecule has 0 aliphatic rings. The van der Waals surface area contributed by atoms with Crippen LogP contribution in [0, 0.1) is 0 Å². The third kappa shape index (κ3) is 3.06. The molecule has 0 radical (unpaired) electrons. The molecule has 0 spiro atoms. The maximum atomic E-state index is 10.4. The second-order valence-electron chi connectivity index (χ2n) is 3.62. The highest BCUT2D eigenvalue weighted by atomic mass is 16.5. The average Bonchev–Trinajstić information content (AvgIpc) is 2.21. The number of phenolic OH excluding ortho intramolecular Hbond substituents is 1. The molecule has 0 bridgehead atoms. The minimum Gasteiger partial charge on any atom is -0.508 e. The molecule has 1 aromatic carbocycles. The normalized spacial score (nSPS) is 12.4. The van der Waals surface area contributed by atoms with Gasteiger partial charge in [0.15, 0.2) is 0 Å². The lowest BCUT2D eigenvalue weighted by atomic mass is 9.97. The summed E-state index contributed by atoms with van der Waals surface area (Å²) in [6.07, 6.45) is 1.37. The number of phenols is 1. The molecule has 3 heteroatoms. The maximum absolute atomic E-state index is 10.4. The third-order valence-electron chi connectivity index (χ3n) is 2.43. The van der Waals surface area contributed by atoms with Gasteiger partial charge < -0.3 is 14.6 Å². The van der Waals surface area contributed by atoms with Crippen molar-refractivity contribution in [2.75, 3.05) is 7.11 Å². The van der Waals surface area contributed by atoms with Crippen molar-refractivity contribution in [1.29, 1.82) is 0 Å². The monoisotopic (exact) mass is 208 g/mol. The van der Waals surface area contributed by atoms with Gasteiger partial charge in [0, 0.05) is 19.1 Å². The second kappa shape index (κ2) is 5.51. The Bertz CT molecular complexity index is 334. The van der Waals surface area contributed by atoms with E-state index >= 15 is 0 Å². The molecule has 0 saturated carbocycles. The van der Waals surface area contributed by atoms with Crippen molar-refractivity contribution in [2.45, 2.75) is 25.9 Å². The van der Waals surface area contributed by atoms with E-state index < -0.39 is 0 Å². The van der Waals surface area contributed by atoms with Gasteiger partial charge in [-0.3, -0.25) is 0 Å². The number of benzene rings is 1. The third-order valence-corrected chi connectivity index (χ3v) is 2.43. The topological polar surface area (TPSA) is 46.5 Å². The first-order chi connectivity index (χ1) is 7.19. The van der Waals surface area contributed by atoms with Crippen LogP contribution in [0.1, 0.15) is 30.4 Å². The Labute approximate surface area is 89.7 Å². The first kappa shape index (κ1) is 11.7. The Hall–Kier alpha value is -1.35. The lowest BCUT2D eigenvalue weighted by molar-refractivity contribution is -0.108. The zero-order valence-electron chi connectivity index (χ0n) is 9.06. The van der Waals surface area contributed by atoms with Crippen molar-refractivity contribution < 1.29 is 14.6 Å². The van der Waals surface area contributed by atoms with Crippen molar-refractivity contribution in [3.8, 4) is 5.75 Å². The molecule has 1 unspecified atom stereocenters. The average molecular weight is 208 g/mol. The molecule has 82 valence electrons. The second-order valence-corrected chi connectivity index (χ2v) is 3.62. The van der Waals surface area contributed by atoms with Crippen molar-refractivity contribution >= 4 is 6.29 Å². The van der Waals surface area contributed by atoms with Crippen LogP contribution in [0.3, 0.4) is 0 Å². The van der Waals surface area contributed by atoms with Gasteiger partial charge in [-0.1, -0.05) is 19.1 Å². The number of hydrogen-bond acceptors (Lipinski definition) is 3. The van der Waals surface area contributed by atoms with Crippen LogP contribution in [-0.4, -0.2) is 18.5 Å². The molecule has 0 amide bonds. The van der Waals surface area contributed by atoms with E-state index in [1.54, 1.807) is 13.2 Å². The predicted octanol–water partition coefficient (Wildman–Crippen LogP) is 2.23. The van der Waals surface area contributed by atoms with Crippen LogP contribution >= 0.6 is 0 Å². The van der Waals surface area contributed by atoms with Gasteiger partial charge in [-0.15, -0.1) is 0 Å². The van der Waals surface area contributed by atoms with E-state index in [-0.39, 0.29) is 11.7 Å². The fourth-order valence-electron chi connectivity index (χ4n) is 1.45. The van der Waals surface area contributed by atoms with Gasteiger partial charge in [0.1, 0.15) is 12.0 Å². The minimum absolute atomic E-state index is 0.144. The van der Waals surface area contributed by atoms with Crippen LogP contribution in [0.25, 0.3) is 0 Å². The highest BCUT2D eigenvalue weighted by Crippen LogP contribution is 2.25. The largest absolute Gasteiger partial charge is 0.508 e. The van der Waals surface area contributed by atoms with Crippen LogP contribution in [-0.2, 0) is 16.1 Å². The zero-order valence-corrected chi connectivity index (χ0v) is 9.06. The summed E-state index contributed by atoms with van der Waals surface area (Å²) in [5.74, 6) is 0.372. The van der Waals surface area contributed by atoms with Crippen molar-refractivity contribution in [3.05, 3.63) is 29.3 Å². The molecule has 0 fully saturated rings. The van der Waals surface area contributed by atoms with Gasteiger partial charge >= 0.3 is 0 Å². The summed E-state index contributed by atoms with van der Waals surface area (Å²) < 4.78 is 4.94. The number of aldehydes is 1.